The Balaban J connectivity index is 1.70. The number of fused-ring (bicyclic) bond motifs is 1. The fraction of sp³-hybridized carbons (Fsp3) is 0.571. The van der Waals surface area contributed by atoms with E-state index in [1.807, 2.05) is 12.1 Å². The van der Waals surface area contributed by atoms with Crippen molar-refractivity contribution in [3.05, 3.63) is 22.7 Å². The zero-order valence-electron chi connectivity index (χ0n) is 11.2. The maximum absolute atomic E-state index is 6.13. The Morgan fingerprint density at radius 2 is 2.16 bits per heavy atom. The minimum Gasteiger partial charge on any atom is -0.454 e. The van der Waals surface area contributed by atoms with Crippen LogP contribution >= 0.6 is 11.6 Å². The number of hydrogen-bond donors (Lipinski definition) is 1. The van der Waals surface area contributed by atoms with E-state index in [1.54, 1.807) is 7.11 Å². The van der Waals surface area contributed by atoms with Crippen LogP contribution in [-0.2, 0) is 11.3 Å². The van der Waals surface area contributed by atoms with E-state index in [2.05, 4.69) is 5.32 Å². The molecule has 0 aliphatic carbocycles. The predicted molar refractivity (Wildman–Crippen MR) is 75.0 cm³/mol. The molecule has 1 aliphatic heterocycles. The predicted octanol–water partition coefficient (Wildman–Crippen LogP) is 2.98. The lowest BCUT2D eigenvalue weighted by atomic mass is 10.2. The van der Waals surface area contributed by atoms with E-state index in [0.717, 1.165) is 43.9 Å². The Morgan fingerprint density at radius 1 is 1.26 bits per heavy atom. The van der Waals surface area contributed by atoms with Crippen molar-refractivity contribution in [1.29, 1.82) is 0 Å². The summed E-state index contributed by atoms with van der Waals surface area (Å²) in [7, 11) is 1.74. The molecule has 4 nitrogen and oxygen atoms in total. The summed E-state index contributed by atoms with van der Waals surface area (Å²) in [5.74, 6) is 1.40. The van der Waals surface area contributed by atoms with Crippen molar-refractivity contribution < 1.29 is 14.2 Å². The monoisotopic (exact) mass is 285 g/mol. The summed E-state index contributed by atoms with van der Waals surface area (Å²) >= 11 is 6.13. The molecule has 0 amide bonds. The Hall–Kier alpha value is -0.970. The third kappa shape index (κ3) is 4.27. The Kier molecular flexibility index (Phi) is 5.76. The highest BCUT2D eigenvalue weighted by Gasteiger charge is 2.17. The van der Waals surface area contributed by atoms with Crippen LogP contribution in [0.1, 0.15) is 24.8 Å². The summed E-state index contributed by atoms with van der Waals surface area (Å²) in [6.07, 6.45) is 3.46. The van der Waals surface area contributed by atoms with Gasteiger partial charge < -0.3 is 19.5 Å². The molecule has 0 aromatic heterocycles. The van der Waals surface area contributed by atoms with E-state index in [9.17, 15) is 0 Å². The van der Waals surface area contributed by atoms with Gasteiger partial charge in [-0.3, -0.25) is 0 Å². The Morgan fingerprint density at radius 3 is 3.00 bits per heavy atom. The fourth-order valence-corrected chi connectivity index (χ4v) is 2.32. The van der Waals surface area contributed by atoms with Crippen molar-refractivity contribution in [3.8, 4) is 11.5 Å². The van der Waals surface area contributed by atoms with Gasteiger partial charge in [-0.1, -0.05) is 11.6 Å². The lowest BCUT2D eigenvalue weighted by Crippen LogP contribution is -2.14. The zero-order valence-corrected chi connectivity index (χ0v) is 12.0. The van der Waals surface area contributed by atoms with Crippen molar-refractivity contribution in [3.63, 3.8) is 0 Å². The fourth-order valence-electron chi connectivity index (χ4n) is 2.03. The first-order chi connectivity index (χ1) is 9.31. The van der Waals surface area contributed by atoms with Crippen LogP contribution in [0.25, 0.3) is 0 Å². The van der Waals surface area contributed by atoms with E-state index in [0.29, 0.717) is 10.8 Å². The van der Waals surface area contributed by atoms with Crippen LogP contribution in [-0.4, -0.2) is 27.1 Å². The number of halogens is 1. The summed E-state index contributed by atoms with van der Waals surface area (Å²) in [5, 5.41) is 4.02. The second-order valence-corrected chi connectivity index (χ2v) is 4.95. The number of ether oxygens (including phenoxy) is 3. The minimum absolute atomic E-state index is 0.255. The van der Waals surface area contributed by atoms with Gasteiger partial charge >= 0.3 is 0 Å². The molecule has 1 aliphatic rings. The van der Waals surface area contributed by atoms with Crippen molar-refractivity contribution in [2.45, 2.75) is 25.8 Å². The van der Waals surface area contributed by atoms with Crippen LogP contribution in [0.3, 0.4) is 0 Å². The smallest absolute Gasteiger partial charge is 0.231 e. The van der Waals surface area contributed by atoms with Gasteiger partial charge in [0.25, 0.3) is 0 Å². The Labute approximate surface area is 119 Å². The lowest BCUT2D eigenvalue weighted by molar-refractivity contribution is 0.174. The highest BCUT2D eigenvalue weighted by atomic mass is 35.5. The first-order valence-corrected chi connectivity index (χ1v) is 6.96. The van der Waals surface area contributed by atoms with Crippen LogP contribution in [0, 0.1) is 0 Å². The molecule has 5 heteroatoms. The van der Waals surface area contributed by atoms with Gasteiger partial charge in [-0.15, -0.1) is 0 Å². The summed E-state index contributed by atoms with van der Waals surface area (Å²) in [6, 6.07) is 3.90. The third-order valence-electron chi connectivity index (χ3n) is 3.02. The average molecular weight is 286 g/mol. The Bertz CT molecular complexity index is 412. The second-order valence-electron chi connectivity index (χ2n) is 4.54. The van der Waals surface area contributed by atoms with Gasteiger partial charge in [-0.05, 0) is 43.5 Å². The third-order valence-corrected chi connectivity index (χ3v) is 3.30. The van der Waals surface area contributed by atoms with Gasteiger partial charge in [0.1, 0.15) is 0 Å². The van der Waals surface area contributed by atoms with Crippen LogP contribution in [0.5, 0.6) is 11.5 Å². The largest absolute Gasteiger partial charge is 0.454 e. The standard InChI is InChI=1S/C14H20ClNO3/c1-17-6-4-2-3-5-16-9-11-7-12(15)14-13(8-11)18-10-19-14/h7-8,16H,2-6,9-10H2,1H3. The van der Waals surface area contributed by atoms with Crippen LogP contribution in [0.2, 0.25) is 5.02 Å². The molecule has 0 bridgehead atoms. The molecule has 2 rings (SSSR count). The minimum atomic E-state index is 0.255. The number of unbranched alkanes of at least 4 members (excludes halogenated alkanes) is 2. The van der Waals surface area contributed by atoms with Gasteiger partial charge in [0.05, 0.1) is 5.02 Å². The first kappa shape index (κ1) is 14.4. The zero-order chi connectivity index (χ0) is 13.5. The van der Waals surface area contributed by atoms with Crippen LogP contribution in [0.15, 0.2) is 12.1 Å². The molecule has 0 spiro atoms. The summed E-state index contributed by atoms with van der Waals surface area (Å²) in [4.78, 5) is 0. The summed E-state index contributed by atoms with van der Waals surface area (Å²) < 4.78 is 15.6. The molecular formula is C14H20ClNO3. The maximum atomic E-state index is 6.13. The number of rotatable bonds is 8. The van der Waals surface area contributed by atoms with E-state index < -0.39 is 0 Å². The topological polar surface area (TPSA) is 39.7 Å². The SMILES string of the molecule is COCCCCCNCc1cc(Cl)c2c(c1)OCO2. The van der Waals surface area contributed by atoms with Gasteiger partial charge in [0, 0.05) is 20.3 Å². The number of benzene rings is 1. The normalized spacial score (nSPS) is 12.9. The van der Waals surface area contributed by atoms with E-state index in [1.165, 1.54) is 6.42 Å². The molecule has 1 aromatic rings. The van der Waals surface area contributed by atoms with Gasteiger partial charge in [-0.25, -0.2) is 0 Å². The molecule has 0 atom stereocenters. The molecule has 1 heterocycles. The van der Waals surface area contributed by atoms with Gasteiger partial charge in [0.2, 0.25) is 6.79 Å². The molecule has 0 saturated heterocycles. The molecule has 19 heavy (non-hydrogen) atoms. The quantitative estimate of drug-likeness (QED) is 0.746. The van der Waals surface area contributed by atoms with Crippen molar-refractivity contribution in [1.82, 2.24) is 5.32 Å². The van der Waals surface area contributed by atoms with E-state index in [4.69, 9.17) is 25.8 Å². The second kappa shape index (κ2) is 7.58. The summed E-state index contributed by atoms with van der Waals surface area (Å²) in [6.45, 7) is 2.89. The number of nitrogens with one attached hydrogen (secondary N) is 1. The van der Waals surface area contributed by atoms with E-state index in [-0.39, 0.29) is 6.79 Å². The van der Waals surface area contributed by atoms with Crippen molar-refractivity contribution >= 4 is 11.6 Å². The van der Waals surface area contributed by atoms with Gasteiger partial charge in [0.15, 0.2) is 11.5 Å². The van der Waals surface area contributed by atoms with Crippen molar-refractivity contribution in [2.75, 3.05) is 27.1 Å². The molecular weight excluding hydrogens is 266 g/mol. The van der Waals surface area contributed by atoms with Gasteiger partial charge in [-0.2, -0.15) is 0 Å². The van der Waals surface area contributed by atoms with E-state index >= 15 is 0 Å². The number of hydrogen-bond acceptors (Lipinski definition) is 4. The molecule has 0 saturated carbocycles. The molecule has 0 radical (unpaired) electrons. The summed E-state index contributed by atoms with van der Waals surface area (Å²) in [5.41, 5.74) is 1.12. The highest BCUT2D eigenvalue weighted by molar-refractivity contribution is 6.32. The molecule has 1 N–H and O–H groups in total. The first-order valence-electron chi connectivity index (χ1n) is 6.59. The van der Waals surface area contributed by atoms with Crippen molar-refractivity contribution in [2.24, 2.45) is 0 Å². The lowest BCUT2D eigenvalue weighted by Gasteiger charge is -2.07. The molecule has 1 aromatic carbocycles. The molecule has 106 valence electrons. The number of methoxy groups -OCH3 is 1. The average Bonchev–Trinajstić information content (AvgIpc) is 2.86. The molecule has 0 fully saturated rings. The maximum Gasteiger partial charge on any atom is 0.231 e. The van der Waals surface area contributed by atoms with Crippen LogP contribution < -0.4 is 14.8 Å². The molecule has 0 unspecified atom stereocenters. The van der Waals surface area contributed by atoms with Crippen LogP contribution in [0.4, 0.5) is 0 Å². The highest BCUT2D eigenvalue weighted by Crippen LogP contribution is 2.39.